The van der Waals surface area contributed by atoms with Crippen molar-refractivity contribution < 1.29 is 14.7 Å². The molecule has 0 spiro atoms. The second-order valence-electron chi connectivity index (χ2n) is 10.6. The third kappa shape index (κ3) is 3.52. The molecule has 0 aromatic carbocycles. The fourth-order valence-electron chi connectivity index (χ4n) is 7.17. The van der Waals surface area contributed by atoms with Gasteiger partial charge < -0.3 is 15.0 Å². The minimum atomic E-state index is -1.04. The molecule has 4 aliphatic carbocycles. The number of aromatic carboxylic acids is 1. The standard InChI is InChI=1S/C25H29N5O3/c1-15-22(24(32)33)27-14-29(15)11-19-12-30-20(3-2-4-21(30)28-19)23(31)26-13-25-8-16-5-17(9-25)7-18(6-16)10-25/h2-4,12,14,16-18H,5-11,13H2,1H3,(H,26,31)(H,32,33). The predicted molar refractivity (Wildman–Crippen MR) is 121 cm³/mol. The normalized spacial score (nSPS) is 27.8. The number of pyridine rings is 1. The molecule has 4 aliphatic rings. The van der Waals surface area contributed by atoms with Gasteiger partial charge in [-0.15, -0.1) is 0 Å². The Bertz CT molecular complexity index is 1220. The molecule has 4 saturated carbocycles. The van der Waals surface area contributed by atoms with Crippen LogP contribution < -0.4 is 5.32 Å². The van der Waals surface area contributed by atoms with E-state index in [2.05, 4.69) is 15.3 Å². The van der Waals surface area contributed by atoms with E-state index < -0.39 is 5.97 Å². The lowest BCUT2D eigenvalue weighted by atomic mass is 9.49. The van der Waals surface area contributed by atoms with Crippen molar-refractivity contribution in [2.45, 2.75) is 52.0 Å². The van der Waals surface area contributed by atoms with E-state index in [0.29, 0.717) is 29.0 Å². The summed E-state index contributed by atoms with van der Waals surface area (Å²) in [7, 11) is 0. The second-order valence-corrected chi connectivity index (χ2v) is 10.6. The van der Waals surface area contributed by atoms with Crippen LogP contribution in [0.25, 0.3) is 5.65 Å². The van der Waals surface area contributed by atoms with Crippen molar-refractivity contribution >= 4 is 17.5 Å². The molecule has 0 unspecified atom stereocenters. The van der Waals surface area contributed by atoms with Gasteiger partial charge in [0.25, 0.3) is 5.91 Å². The van der Waals surface area contributed by atoms with E-state index >= 15 is 0 Å². The molecule has 0 aliphatic heterocycles. The van der Waals surface area contributed by atoms with Gasteiger partial charge in [-0.25, -0.2) is 14.8 Å². The van der Waals surface area contributed by atoms with Gasteiger partial charge in [-0.05, 0) is 80.8 Å². The van der Waals surface area contributed by atoms with Gasteiger partial charge >= 0.3 is 5.97 Å². The molecule has 8 heteroatoms. The van der Waals surface area contributed by atoms with Gasteiger partial charge in [0, 0.05) is 18.4 Å². The molecule has 3 aromatic rings. The van der Waals surface area contributed by atoms with Crippen LogP contribution in [0, 0.1) is 30.1 Å². The average Bonchev–Trinajstić information content (AvgIpc) is 3.34. The van der Waals surface area contributed by atoms with Gasteiger partial charge in [0.15, 0.2) is 5.69 Å². The Labute approximate surface area is 192 Å². The number of amides is 1. The summed E-state index contributed by atoms with van der Waals surface area (Å²) >= 11 is 0. The monoisotopic (exact) mass is 447 g/mol. The molecule has 172 valence electrons. The fraction of sp³-hybridized carbons (Fsp3) is 0.520. The number of aromatic nitrogens is 4. The number of nitrogens with zero attached hydrogens (tertiary/aromatic N) is 4. The zero-order valence-corrected chi connectivity index (χ0v) is 18.8. The molecule has 0 radical (unpaired) electrons. The first-order valence-corrected chi connectivity index (χ1v) is 11.9. The molecule has 4 fully saturated rings. The first-order valence-electron chi connectivity index (χ1n) is 11.9. The maximum absolute atomic E-state index is 13.2. The first-order chi connectivity index (χ1) is 15.9. The molecule has 1 amide bonds. The summed E-state index contributed by atoms with van der Waals surface area (Å²) in [6.45, 7) is 2.89. The minimum absolute atomic E-state index is 0.0449. The van der Waals surface area contributed by atoms with Crippen LogP contribution in [-0.2, 0) is 6.54 Å². The summed E-state index contributed by atoms with van der Waals surface area (Å²) < 4.78 is 3.59. The maximum Gasteiger partial charge on any atom is 0.356 e. The molecule has 2 N–H and O–H groups in total. The van der Waals surface area contributed by atoms with E-state index in [0.717, 1.165) is 30.0 Å². The lowest BCUT2D eigenvalue weighted by Gasteiger charge is -2.56. The Morgan fingerprint density at radius 3 is 2.48 bits per heavy atom. The quantitative estimate of drug-likeness (QED) is 0.602. The van der Waals surface area contributed by atoms with Gasteiger partial charge in [-0.3, -0.25) is 9.20 Å². The van der Waals surface area contributed by atoms with Crippen molar-refractivity contribution in [3.8, 4) is 0 Å². The molecule has 3 heterocycles. The SMILES string of the molecule is Cc1c(C(=O)O)ncn1Cc1cn2c(C(=O)NCC34CC5CC(CC(C5)C3)C4)cccc2n1. The van der Waals surface area contributed by atoms with Crippen LogP contribution in [0.1, 0.15) is 70.9 Å². The largest absolute Gasteiger partial charge is 0.476 e. The first kappa shape index (κ1) is 20.4. The Morgan fingerprint density at radius 1 is 1.15 bits per heavy atom. The van der Waals surface area contributed by atoms with Crippen LogP contribution in [-0.4, -0.2) is 42.5 Å². The highest BCUT2D eigenvalue weighted by Crippen LogP contribution is 2.59. The van der Waals surface area contributed by atoms with Crippen molar-refractivity contribution in [2.24, 2.45) is 23.2 Å². The fourth-order valence-corrected chi connectivity index (χ4v) is 7.17. The van der Waals surface area contributed by atoms with E-state index in [4.69, 9.17) is 0 Å². The van der Waals surface area contributed by atoms with Crippen molar-refractivity contribution in [3.63, 3.8) is 0 Å². The lowest BCUT2D eigenvalue weighted by molar-refractivity contribution is -0.0503. The van der Waals surface area contributed by atoms with Gasteiger partial charge in [-0.2, -0.15) is 0 Å². The topological polar surface area (TPSA) is 102 Å². The van der Waals surface area contributed by atoms with Gasteiger partial charge in [0.05, 0.1) is 18.6 Å². The van der Waals surface area contributed by atoms with E-state index in [1.165, 1.54) is 44.9 Å². The van der Waals surface area contributed by atoms with Gasteiger partial charge in [0.2, 0.25) is 0 Å². The number of carbonyl (C=O) groups is 2. The van der Waals surface area contributed by atoms with Crippen LogP contribution >= 0.6 is 0 Å². The van der Waals surface area contributed by atoms with Crippen molar-refractivity contribution in [1.29, 1.82) is 0 Å². The summed E-state index contributed by atoms with van der Waals surface area (Å²) in [5.41, 5.74) is 2.93. The van der Waals surface area contributed by atoms with Gasteiger partial charge in [-0.1, -0.05) is 6.07 Å². The van der Waals surface area contributed by atoms with Crippen LogP contribution in [0.15, 0.2) is 30.7 Å². The number of imidazole rings is 2. The number of rotatable bonds is 6. The summed E-state index contributed by atoms with van der Waals surface area (Å²) in [5, 5.41) is 12.5. The minimum Gasteiger partial charge on any atom is -0.476 e. The molecule has 33 heavy (non-hydrogen) atoms. The molecule has 7 rings (SSSR count). The maximum atomic E-state index is 13.2. The number of carbonyl (C=O) groups excluding carboxylic acids is 1. The summed E-state index contributed by atoms with van der Waals surface area (Å²) in [6.07, 6.45) is 11.4. The van der Waals surface area contributed by atoms with Crippen molar-refractivity contribution in [2.75, 3.05) is 6.54 Å². The Balaban J connectivity index is 1.20. The van der Waals surface area contributed by atoms with E-state index in [9.17, 15) is 14.7 Å². The summed E-state index contributed by atoms with van der Waals surface area (Å²) in [5.74, 6) is 1.48. The smallest absolute Gasteiger partial charge is 0.356 e. The molecular weight excluding hydrogens is 418 g/mol. The third-order valence-corrected chi connectivity index (χ3v) is 8.20. The lowest BCUT2D eigenvalue weighted by Crippen LogP contribution is -2.51. The Morgan fingerprint density at radius 2 is 1.85 bits per heavy atom. The predicted octanol–water partition coefficient (Wildman–Crippen LogP) is 3.53. The van der Waals surface area contributed by atoms with Crippen LogP contribution in [0.4, 0.5) is 0 Å². The molecule has 0 saturated heterocycles. The molecule has 8 nitrogen and oxygen atoms in total. The van der Waals surface area contributed by atoms with E-state index in [-0.39, 0.29) is 11.6 Å². The Hall–Kier alpha value is -3.16. The zero-order valence-electron chi connectivity index (χ0n) is 18.8. The highest BCUT2D eigenvalue weighted by molar-refractivity contribution is 5.93. The second kappa shape index (κ2) is 7.43. The third-order valence-electron chi connectivity index (χ3n) is 8.20. The van der Waals surface area contributed by atoms with Crippen molar-refractivity contribution in [1.82, 2.24) is 24.3 Å². The highest BCUT2D eigenvalue weighted by Gasteiger charge is 2.50. The molecular formula is C25H29N5O3. The number of hydrogen-bond donors (Lipinski definition) is 2. The van der Waals surface area contributed by atoms with E-state index in [1.54, 1.807) is 11.5 Å². The molecule has 4 bridgehead atoms. The Kier molecular flexibility index (Phi) is 4.61. The van der Waals surface area contributed by atoms with Crippen LogP contribution in [0.2, 0.25) is 0 Å². The summed E-state index contributed by atoms with van der Waals surface area (Å²) in [6, 6.07) is 5.57. The number of nitrogens with one attached hydrogen (secondary N) is 1. The molecule has 3 aromatic heterocycles. The van der Waals surface area contributed by atoms with Crippen LogP contribution in [0.3, 0.4) is 0 Å². The number of carboxylic acid groups (broad SMARTS) is 1. The number of carboxylic acids is 1. The highest BCUT2D eigenvalue weighted by atomic mass is 16.4. The number of hydrogen-bond acceptors (Lipinski definition) is 4. The zero-order chi connectivity index (χ0) is 22.7. The van der Waals surface area contributed by atoms with Crippen LogP contribution in [0.5, 0.6) is 0 Å². The van der Waals surface area contributed by atoms with E-state index in [1.807, 2.05) is 28.8 Å². The average molecular weight is 448 g/mol. The van der Waals surface area contributed by atoms with Crippen molar-refractivity contribution in [3.05, 3.63) is 53.5 Å². The molecule has 0 atom stereocenters. The summed E-state index contributed by atoms with van der Waals surface area (Å²) in [4.78, 5) is 33.1. The van der Waals surface area contributed by atoms with Gasteiger partial charge in [0.1, 0.15) is 11.3 Å². The number of fused-ring (bicyclic) bond motifs is 1.